The van der Waals surface area contributed by atoms with Crippen molar-refractivity contribution < 1.29 is 90.3 Å². The third kappa shape index (κ3) is 14.5. The average Bonchev–Trinajstić information content (AvgIpc) is 1.09. The fourth-order valence-corrected chi connectivity index (χ4v) is 12.5. The molecule has 0 aliphatic heterocycles. The van der Waals surface area contributed by atoms with E-state index < -0.39 is 125 Å². The van der Waals surface area contributed by atoms with Gasteiger partial charge in [0.1, 0.15) is 0 Å². The quantitative estimate of drug-likeness (QED) is 0.0210. The van der Waals surface area contributed by atoms with Gasteiger partial charge in [-0.15, -0.1) is 0 Å². The first-order chi connectivity index (χ1) is 40.7. The van der Waals surface area contributed by atoms with Gasteiger partial charge in [0.25, 0.3) is 11.8 Å². The van der Waals surface area contributed by atoms with Crippen LogP contribution < -0.4 is 20.8 Å². The minimum atomic E-state index is -5.38. The lowest BCUT2D eigenvalue weighted by atomic mass is 9.84. The van der Waals surface area contributed by atoms with E-state index in [1.807, 2.05) is 48.5 Å². The molecule has 2 aliphatic rings. The van der Waals surface area contributed by atoms with Gasteiger partial charge in [0.15, 0.2) is 56.3 Å². The summed E-state index contributed by atoms with van der Waals surface area (Å²) in [5.41, 5.74) is 7.01. The van der Waals surface area contributed by atoms with Gasteiger partial charge in [-0.05, 0) is 108 Å². The average molecular weight is 1250 g/mol. The number of carbonyl (C=O) groups is 4. The molecule has 0 radical (unpaired) electrons. The summed E-state index contributed by atoms with van der Waals surface area (Å²) in [6.45, 7) is -2.26. The highest BCUT2D eigenvalue weighted by atomic mass is 32.2. The molecule has 4 amide bonds. The van der Waals surface area contributed by atoms with Crippen molar-refractivity contribution in [2.75, 3.05) is 37.0 Å². The number of rotatable bonds is 18. The van der Waals surface area contributed by atoms with Crippen LogP contribution in [0.4, 0.5) is 55.3 Å². The van der Waals surface area contributed by atoms with Crippen LogP contribution in [0.5, 0.6) is 0 Å². The second-order valence-corrected chi connectivity index (χ2v) is 24.4. The molecule has 0 atom stereocenters. The van der Waals surface area contributed by atoms with Crippen LogP contribution in [0.2, 0.25) is 0 Å². The first kappa shape index (κ1) is 65.8. The van der Waals surface area contributed by atoms with Crippen molar-refractivity contribution in [1.29, 1.82) is 0 Å². The molecular weight excluding hydrogens is 1190 g/mol. The molecule has 0 spiro atoms. The number of hydroxylamine groups is 2. The highest BCUT2D eigenvalue weighted by molar-refractivity contribution is 7.89. The Labute approximate surface area is 487 Å². The van der Waals surface area contributed by atoms with Gasteiger partial charge in [-0.25, -0.2) is 71.7 Å². The maximum Gasteiger partial charge on any atom is 0.274 e. The molecule has 460 valence electrons. The fraction of sp³-hybridized carbons (Fsp3) is 0.310. The Hall–Kier alpha value is -7.76. The minimum absolute atomic E-state index is 0.0430. The second kappa shape index (κ2) is 28.2. The minimum Gasteiger partial charge on any atom is -0.307 e. The van der Waals surface area contributed by atoms with Crippen molar-refractivity contribution >= 4 is 55.1 Å². The first-order valence-corrected chi connectivity index (χ1v) is 29.4. The van der Waals surface area contributed by atoms with Gasteiger partial charge >= 0.3 is 0 Å². The molecule has 2 fully saturated rings. The third-order valence-corrected chi connectivity index (χ3v) is 18.5. The molecule has 0 aromatic heterocycles. The Morgan fingerprint density at radius 3 is 0.953 bits per heavy atom. The lowest BCUT2D eigenvalue weighted by Gasteiger charge is -2.27. The van der Waals surface area contributed by atoms with Gasteiger partial charge < -0.3 is 9.80 Å². The van der Waals surface area contributed by atoms with Gasteiger partial charge in [0, 0.05) is 36.6 Å². The van der Waals surface area contributed by atoms with E-state index in [0.717, 1.165) is 86.4 Å². The van der Waals surface area contributed by atoms with Crippen LogP contribution in [-0.4, -0.2) is 86.7 Å². The van der Waals surface area contributed by atoms with Crippen LogP contribution in [0.25, 0.3) is 0 Å². The predicted octanol–water partition coefficient (Wildman–Crippen LogP) is 10.8. The molecule has 4 N–H and O–H groups in total. The number of carbonyl (C=O) groups excluding carboxylic acids is 4. The Kier molecular flexibility index (Phi) is 21.5. The number of sulfonamides is 2. The summed E-state index contributed by atoms with van der Waals surface area (Å²) in [4.78, 5) is 48.6. The summed E-state index contributed by atoms with van der Waals surface area (Å²) in [6.07, 6.45) is 11.2. The number of hydrogen-bond donors (Lipinski definition) is 4. The number of anilines is 2. The molecule has 0 bridgehead atoms. The van der Waals surface area contributed by atoms with Crippen LogP contribution >= 0.6 is 0 Å². The number of nitrogens with one attached hydrogen (secondary N) is 2. The van der Waals surface area contributed by atoms with Gasteiger partial charge in [0.2, 0.25) is 43.5 Å². The summed E-state index contributed by atoms with van der Waals surface area (Å²) in [6, 6.07) is 25.6. The maximum atomic E-state index is 14.3. The molecule has 16 nitrogen and oxygen atoms in total. The topological polar surface area (TPSA) is 214 Å². The highest BCUT2D eigenvalue weighted by Crippen LogP contribution is 2.36. The second-order valence-electron chi connectivity index (χ2n) is 20.4. The maximum absolute atomic E-state index is 14.3. The Bertz CT molecular complexity index is 3410. The summed E-state index contributed by atoms with van der Waals surface area (Å²) in [5.74, 6) is -27.6. The summed E-state index contributed by atoms with van der Waals surface area (Å²) in [5, 5.41) is 17.8. The molecule has 2 saturated carbocycles. The van der Waals surface area contributed by atoms with E-state index in [4.69, 9.17) is 10.4 Å². The van der Waals surface area contributed by atoms with E-state index in [-0.39, 0.29) is 44.2 Å². The molecule has 2 aliphatic carbocycles. The van der Waals surface area contributed by atoms with Crippen molar-refractivity contribution in [3.8, 4) is 0 Å². The Morgan fingerprint density at radius 2 is 0.686 bits per heavy atom. The van der Waals surface area contributed by atoms with E-state index in [0.29, 0.717) is 23.0 Å². The summed E-state index contributed by atoms with van der Waals surface area (Å²) in [7, 11) is -9.23. The number of likely N-dealkylation sites (N-methyl/N-ethyl adjacent to an activating group) is 2. The van der Waals surface area contributed by atoms with Crippen molar-refractivity contribution in [1.82, 2.24) is 19.6 Å². The van der Waals surface area contributed by atoms with Crippen molar-refractivity contribution in [2.45, 2.75) is 98.9 Å². The molecule has 6 aromatic rings. The number of nitrogens with zero attached hydrogens (tertiary/aromatic N) is 4. The summed E-state index contributed by atoms with van der Waals surface area (Å²) < 4.78 is 191. The zero-order chi connectivity index (χ0) is 62.9. The van der Waals surface area contributed by atoms with Crippen LogP contribution in [0, 0.1) is 58.2 Å². The number of benzene rings is 6. The predicted molar refractivity (Wildman–Crippen MR) is 290 cm³/mol. The standard InChI is InChI=1S/2C29H28F5N3O5S/c2*1-36(43(41,42)28-26(33)24(31)23(30)25(32)27(28)34)16-22(38)37(21-13-11-20(12-14-21)29(39)35-40)15-17-7-9-19(10-8-17)18-5-3-2-4-6-18/h2*7-14,18,40H,2-6,15-16H2,1H3,(H,35,39). The molecule has 0 saturated heterocycles. The van der Waals surface area contributed by atoms with E-state index in [2.05, 4.69) is 0 Å². The molecule has 28 heteroatoms. The smallest absolute Gasteiger partial charge is 0.274 e. The lowest BCUT2D eigenvalue weighted by Crippen LogP contribution is -2.41. The van der Waals surface area contributed by atoms with Crippen molar-refractivity contribution in [3.63, 3.8) is 0 Å². The monoisotopic (exact) mass is 1250 g/mol. The molecule has 0 unspecified atom stereocenters. The lowest BCUT2D eigenvalue weighted by molar-refractivity contribution is -0.119. The normalized spacial score (nSPS) is 14.1. The molecule has 6 aromatic carbocycles. The Balaban J connectivity index is 0.000000246. The van der Waals surface area contributed by atoms with E-state index >= 15 is 0 Å². The molecular formula is C58H56F10N6O10S2. The number of halogens is 10. The first-order valence-electron chi connectivity index (χ1n) is 26.6. The van der Waals surface area contributed by atoms with Gasteiger partial charge in [-0.1, -0.05) is 87.1 Å². The van der Waals surface area contributed by atoms with Crippen molar-refractivity contribution in [2.24, 2.45) is 0 Å². The zero-order valence-electron chi connectivity index (χ0n) is 45.8. The molecule has 8 rings (SSSR count). The zero-order valence-corrected chi connectivity index (χ0v) is 47.5. The van der Waals surface area contributed by atoms with Gasteiger partial charge in [0.05, 0.1) is 26.2 Å². The van der Waals surface area contributed by atoms with E-state index in [9.17, 15) is 79.9 Å². The van der Waals surface area contributed by atoms with Gasteiger partial charge in [-0.2, -0.15) is 8.61 Å². The third-order valence-electron chi connectivity index (χ3n) is 14.9. The SMILES string of the molecule is CN(CC(=O)N(Cc1ccc(C2CCCCC2)cc1)c1ccc(C(=O)NO)cc1)S(=O)(=O)c1c(F)c(F)c(F)c(F)c1F.CN(CC(=O)N(Cc1ccc(C2CCCCC2)cc1)c1ccc(C(=O)NO)cc1)S(=O)(=O)c1c(F)c(F)c(F)c(F)c1F. The van der Waals surface area contributed by atoms with Crippen LogP contribution in [-0.2, 0) is 42.7 Å². The van der Waals surface area contributed by atoms with E-state index in [1.165, 1.54) is 72.3 Å². The number of hydrogen-bond acceptors (Lipinski definition) is 10. The van der Waals surface area contributed by atoms with E-state index in [1.54, 1.807) is 0 Å². The Morgan fingerprint density at radius 1 is 0.419 bits per heavy atom. The highest BCUT2D eigenvalue weighted by Gasteiger charge is 2.39. The fourth-order valence-electron chi connectivity index (χ4n) is 10.0. The summed E-state index contributed by atoms with van der Waals surface area (Å²) >= 11 is 0. The molecule has 0 heterocycles. The van der Waals surface area contributed by atoms with Crippen LogP contribution in [0.1, 0.15) is 119 Å². The number of amides is 4. The van der Waals surface area contributed by atoms with Crippen LogP contribution in [0.3, 0.4) is 0 Å². The molecule has 86 heavy (non-hydrogen) atoms. The van der Waals surface area contributed by atoms with Crippen molar-refractivity contribution in [3.05, 3.63) is 189 Å². The van der Waals surface area contributed by atoms with Crippen LogP contribution in [0.15, 0.2) is 107 Å². The largest absolute Gasteiger partial charge is 0.307 e. The van der Waals surface area contributed by atoms with Gasteiger partial charge in [-0.3, -0.25) is 29.6 Å².